The molecule has 4 heterocycles. The minimum absolute atomic E-state index is 0.592. The van der Waals surface area contributed by atoms with E-state index in [1.165, 1.54) is 36.5 Å². The summed E-state index contributed by atoms with van der Waals surface area (Å²) >= 11 is 1.83. The Morgan fingerprint density at radius 3 is 1.96 bits per heavy atom. The molecule has 258 valence electrons. The first-order chi connectivity index (χ1) is 27.2. The highest BCUT2D eigenvalue weighted by Crippen LogP contribution is 2.45. The predicted molar refractivity (Wildman–Crippen MR) is 229 cm³/mol. The number of fused-ring (bicyclic) bond motifs is 11. The van der Waals surface area contributed by atoms with E-state index in [0.717, 1.165) is 66.9 Å². The summed E-state index contributed by atoms with van der Waals surface area (Å²) in [5, 5.41) is 6.89. The molecule has 0 bridgehead atoms. The number of para-hydroxylation sites is 2. The van der Waals surface area contributed by atoms with Crippen molar-refractivity contribution in [3.8, 4) is 17.1 Å². The number of benzene rings is 8. The fourth-order valence-electron chi connectivity index (χ4n) is 8.34. The van der Waals surface area contributed by atoms with Crippen molar-refractivity contribution in [2.75, 3.05) is 4.90 Å². The van der Waals surface area contributed by atoms with E-state index in [9.17, 15) is 0 Å². The molecule has 55 heavy (non-hydrogen) atoms. The van der Waals surface area contributed by atoms with Gasteiger partial charge < -0.3 is 18.3 Å². The van der Waals surface area contributed by atoms with E-state index in [4.69, 9.17) is 13.8 Å². The zero-order valence-electron chi connectivity index (χ0n) is 29.3. The number of thiophene rings is 1. The fraction of sp³-hybridized carbons (Fsp3) is 0. The molecule has 0 saturated heterocycles. The van der Waals surface area contributed by atoms with Crippen molar-refractivity contribution in [3.63, 3.8) is 0 Å². The number of nitrogens with zero attached hydrogens (tertiary/aromatic N) is 3. The van der Waals surface area contributed by atoms with Gasteiger partial charge in [-0.15, -0.1) is 11.3 Å². The van der Waals surface area contributed by atoms with E-state index in [0.29, 0.717) is 5.89 Å². The molecule has 0 saturated carbocycles. The number of aromatic nitrogens is 2. The molecule has 12 aromatic rings. The average Bonchev–Trinajstić information content (AvgIpc) is 4.01. The molecule has 6 heteroatoms. The normalized spacial score (nSPS) is 12.0. The summed E-state index contributed by atoms with van der Waals surface area (Å²) in [6.45, 7) is 0. The summed E-state index contributed by atoms with van der Waals surface area (Å²) in [4.78, 5) is 7.40. The smallest absolute Gasteiger partial charge is 0.227 e. The largest absolute Gasteiger partial charge is 0.456 e. The van der Waals surface area contributed by atoms with E-state index >= 15 is 0 Å². The molecule has 12 rings (SSSR count). The quantitative estimate of drug-likeness (QED) is 0.177. The van der Waals surface area contributed by atoms with Crippen molar-refractivity contribution < 1.29 is 8.83 Å². The molecular weight excluding hydrogens is 695 g/mol. The zero-order valence-corrected chi connectivity index (χ0v) is 30.1. The van der Waals surface area contributed by atoms with Crippen LogP contribution in [0.5, 0.6) is 0 Å². The van der Waals surface area contributed by atoms with Crippen LogP contribution in [0, 0.1) is 0 Å². The van der Waals surface area contributed by atoms with Crippen molar-refractivity contribution in [1.82, 2.24) is 9.55 Å². The van der Waals surface area contributed by atoms with E-state index in [-0.39, 0.29) is 0 Å². The van der Waals surface area contributed by atoms with Gasteiger partial charge in [0.15, 0.2) is 5.58 Å². The van der Waals surface area contributed by atoms with Crippen LogP contribution in [0.3, 0.4) is 0 Å². The topological polar surface area (TPSA) is 47.3 Å². The highest BCUT2D eigenvalue weighted by atomic mass is 32.1. The molecule has 0 fully saturated rings. The number of hydrogen-bond acceptors (Lipinski definition) is 5. The molecule has 0 aliphatic carbocycles. The van der Waals surface area contributed by atoms with Gasteiger partial charge in [-0.2, -0.15) is 0 Å². The summed E-state index contributed by atoms with van der Waals surface area (Å²) in [6, 6.07) is 62.1. The molecule has 0 amide bonds. The Morgan fingerprint density at radius 2 is 1.09 bits per heavy atom. The van der Waals surface area contributed by atoms with Crippen LogP contribution in [0.2, 0.25) is 0 Å². The fourth-order valence-corrected chi connectivity index (χ4v) is 9.48. The molecule has 4 aromatic heterocycles. The van der Waals surface area contributed by atoms with Gasteiger partial charge in [-0.05, 0) is 97.1 Å². The maximum atomic E-state index is 6.46. The first-order valence-corrected chi connectivity index (χ1v) is 19.2. The van der Waals surface area contributed by atoms with Crippen molar-refractivity contribution in [2.45, 2.75) is 0 Å². The van der Waals surface area contributed by atoms with Crippen molar-refractivity contribution in [3.05, 3.63) is 176 Å². The van der Waals surface area contributed by atoms with Gasteiger partial charge in [0.25, 0.3) is 0 Å². The van der Waals surface area contributed by atoms with Crippen LogP contribution < -0.4 is 4.90 Å². The Morgan fingerprint density at radius 1 is 0.455 bits per heavy atom. The Hall–Kier alpha value is -7.15. The number of furan rings is 1. The second-order valence-electron chi connectivity index (χ2n) is 14.0. The van der Waals surface area contributed by atoms with Gasteiger partial charge in [-0.25, -0.2) is 4.98 Å². The van der Waals surface area contributed by atoms with E-state index < -0.39 is 0 Å². The third kappa shape index (κ3) is 4.62. The minimum atomic E-state index is 0.592. The molecule has 0 radical (unpaired) electrons. The Bertz CT molecular complexity index is 3450. The molecule has 0 N–H and O–H groups in total. The molecule has 0 unspecified atom stereocenters. The van der Waals surface area contributed by atoms with Crippen molar-refractivity contribution in [1.29, 1.82) is 0 Å². The Kier molecular flexibility index (Phi) is 6.44. The van der Waals surface area contributed by atoms with E-state index in [1.807, 2.05) is 53.8 Å². The van der Waals surface area contributed by atoms with Gasteiger partial charge in [-0.1, -0.05) is 78.9 Å². The van der Waals surface area contributed by atoms with Crippen LogP contribution in [0.25, 0.3) is 92.2 Å². The molecule has 0 aliphatic heterocycles. The van der Waals surface area contributed by atoms with Gasteiger partial charge in [0, 0.05) is 64.6 Å². The van der Waals surface area contributed by atoms with Crippen LogP contribution in [0.15, 0.2) is 185 Å². The first kappa shape index (κ1) is 30.3. The summed E-state index contributed by atoms with van der Waals surface area (Å²) in [6.07, 6.45) is 0. The van der Waals surface area contributed by atoms with Gasteiger partial charge >= 0.3 is 0 Å². The maximum Gasteiger partial charge on any atom is 0.227 e. The van der Waals surface area contributed by atoms with Crippen LogP contribution in [0.1, 0.15) is 0 Å². The van der Waals surface area contributed by atoms with Crippen molar-refractivity contribution >= 4 is 103 Å². The predicted octanol–water partition coefficient (Wildman–Crippen LogP) is 14.3. The first-order valence-electron chi connectivity index (χ1n) is 18.4. The lowest BCUT2D eigenvalue weighted by Gasteiger charge is -2.26. The van der Waals surface area contributed by atoms with Gasteiger partial charge in [0.1, 0.15) is 16.7 Å². The second kappa shape index (κ2) is 11.7. The average molecular weight is 724 g/mol. The van der Waals surface area contributed by atoms with Gasteiger partial charge in [0.05, 0.1) is 16.4 Å². The number of hydrogen-bond donors (Lipinski definition) is 0. The minimum Gasteiger partial charge on any atom is -0.456 e. The summed E-state index contributed by atoms with van der Waals surface area (Å²) in [7, 11) is 0. The molecule has 0 aliphatic rings. The zero-order chi connectivity index (χ0) is 36.0. The van der Waals surface area contributed by atoms with E-state index in [1.54, 1.807) is 0 Å². The SMILES string of the molecule is c1ccc(-c2nc3c(ccc4oc5ccc(N(c6ccc7c(c6)sc6ccccc67)c6ccc7c(c6)c6ccccc6n7-c6ccccc6)cc5c43)o2)cc1. The second-order valence-corrected chi connectivity index (χ2v) is 15.0. The van der Waals surface area contributed by atoms with Crippen LogP contribution in [0.4, 0.5) is 17.1 Å². The third-order valence-electron chi connectivity index (χ3n) is 10.8. The molecule has 0 atom stereocenters. The van der Waals surface area contributed by atoms with Crippen LogP contribution in [-0.2, 0) is 0 Å². The highest BCUT2D eigenvalue weighted by molar-refractivity contribution is 7.25. The molecular formula is C49H29N3O2S. The standard InChI is InChI=1S/C49H29N3O2S/c1-3-11-30(12-4-1)49-50-48-44(54-49)26-25-43-47(48)39-28-33(21-24-42(39)53-43)51(34-19-22-37-36-16-8-10-18-45(36)55-46(37)29-34)32-20-23-41-38(27-32)35-15-7-9-17-40(35)52(41)31-13-5-2-6-14-31/h1-29H. The molecule has 5 nitrogen and oxygen atoms in total. The lowest BCUT2D eigenvalue weighted by atomic mass is 10.1. The van der Waals surface area contributed by atoms with Crippen LogP contribution >= 0.6 is 11.3 Å². The van der Waals surface area contributed by atoms with Gasteiger partial charge in [0.2, 0.25) is 5.89 Å². The summed E-state index contributed by atoms with van der Waals surface area (Å²) in [5.74, 6) is 0.592. The molecule has 0 spiro atoms. The Balaban J connectivity index is 1.10. The molecule has 8 aromatic carbocycles. The maximum absolute atomic E-state index is 6.46. The van der Waals surface area contributed by atoms with Crippen LogP contribution in [-0.4, -0.2) is 9.55 Å². The Labute approximate surface area is 318 Å². The third-order valence-corrected chi connectivity index (χ3v) is 11.9. The highest BCUT2D eigenvalue weighted by Gasteiger charge is 2.21. The number of anilines is 3. The lowest BCUT2D eigenvalue weighted by molar-refractivity contribution is 0.619. The summed E-state index contributed by atoms with van der Waals surface area (Å²) in [5.41, 5.74) is 10.7. The lowest BCUT2D eigenvalue weighted by Crippen LogP contribution is -2.09. The number of oxazole rings is 1. The number of rotatable bonds is 5. The van der Waals surface area contributed by atoms with Crippen molar-refractivity contribution in [2.24, 2.45) is 0 Å². The summed E-state index contributed by atoms with van der Waals surface area (Å²) < 4.78 is 17.7. The van der Waals surface area contributed by atoms with Gasteiger partial charge in [-0.3, -0.25) is 0 Å². The van der Waals surface area contributed by atoms with E-state index in [2.05, 4.69) is 143 Å². The monoisotopic (exact) mass is 723 g/mol.